The first-order chi connectivity index (χ1) is 12.6. The van der Waals surface area contributed by atoms with Gasteiger partial charge >= 0.3 is 6.09 Å². The predicted octanol–water partition coefficient (Wildman–Crippen LogP) is 2.82. The van der Waals surface area contributed by atoms with Crippen molar-refractivity contribution in [2.45, 2.75) is 25.8 Å². The van der Waals surface area contributed by atoms with Crippen LogP contribution < -0.4 is 14.8 Å². The summed E-state index contributed by atoms with van der Waals surface area (Å²) in [5.41, 5.74) is 0.755. The number of amides is 2. The van der Waals surface area contributed by atoms with Gasteiger partial charge in [-0.25, -0.2) is 4.79 Å². The molecule has 8 heteroatoms. The normalized spacial score (nSPS) is 18.8. The van der Waals surface area contributed by atoms with Crippen LogP contribution in [0.5, 0.6) is 11.5 Å². The Hall–Kier alpha value is -2.41. The van der Waals surface area contributed by atoms with Gasteiger partial charge in [-0.2, -0.15) is 0 Å². The molecule has 0 spiro atoms. The monoisotopic (exact) mass is 380 g/mol. The second kappa shape index (κ2) is 8.31. The van der Waals surface area contributed by atoms with Gasteiger partial charge < -0.3 is 24.4 Å². The minimum absolute atomic E-state index is 0.0971. The van der Waals surface area contributed by atoms with Gasteiger partial charge in [-0.3, -0.25) is 4.79 Å². The molecule has 0 radical (unpaired) electrons. The highest BCUT2D eigenvalue weighted by Crippen LogP contribution is 2.40. The molecule has 2 aliphatic heterocycles. The Morgan fingerprint density at radius 2 is 2.27 bits per heavy atom. The van der Waals surface area contributed by atoms with Gasteiger partial charge in [0, 0.05) is 25.2 Å². The third kappa shape index (κ3) is 4.40. The maximum absolute atomic E-state index is 12.5. The van der Waals surface area contributed by atoms with E-state index in [0.29, 0.717) is 36.2 Å². The molecule has 2 aliphatic rings. The molecule has 1 atom stereocenters. The van der Waals surface area contributed by atoms with Crippen molar-refractivity contribution in [1.82, 2.24) is 10.2 Å². The number of carbonyl (C=O) groups is 2. The highest BCUT2D eigenvalue weighted by atomic mass is 35.5. The van der Waals surface area contributed by atoms with Gasteiger partial charge in [0.1, 0.15) is 0 Å². The van der Waals surface area contributed by atoms with Crippen molar-refractivity contribution in [3.63, 3.8) is 0 Å². The van der Waals surface area contributed by atoms with Crippen LogP contribution in [0.4, 0.5) is 4.79 Å². The van der Waals surface area contributed by atoms with E-state index in [4.69, 9.17) is 25.8 Å². The number of nitrogens with zero attached hydrogens (tertiary/aromatic N) is 1. The Morgan fingerprint density at radius 3 is 3.08 bits per heavy atom. The number of benzene rings is 1. The van der Waals surface area contributed by atoms with Gasteiger partial charge in [-0.05, 0) is 43.5 Å². The SMILES string of the molecule is CCOC(=O)NC1CCCN(C(=O)/C=C/c2cc(Cl)c3c(c2)OCO3)C1. The Morgan fingerprint density at radius 1 is 1.42 bits per heavy atom. The van der Waals surface area contributed by atoms with Crippen LogP contribution in [0.1, 0.15) is 25.3 Å². The van der Waals surface area contributed by atoms with Crippen LogP contribution in [-0.4, -0.2) is 49.4 Å². The van der Waals surface area contributed by atoms with Gasteiger partial charge in [-0.15, -0.1) is 0 Å². The zero-order chi connectivity index (χ0) is 18.5. The molecular weight excluding hydrogens is 360 g/mol. The number of carbonyl (C=O) groups excluding carboxylic acids is 2. The number of likely N-dealkylation sites (tertiary alicyclic amines) is 1. The van der Waals surface area contributed by atoms with E-state index in [-0.39, 0.29) is 18.7 Å². The van der Waals surface area contributed by atoms with Crippen LogP contribution in [0.2, 0.25) is 5.02 Å². The number of ether oxygens (including phenoxy) is 3. The topological polar surface area (TPSA) is 77.1 Å². The maximum Gasteiger partial charge on any atom is 0.407 e. The highest BCUT2D eigenvalue weighted by Gasteiger charge is 2.24. The van der Waals surface area contributed by atoms with Crippen molar-refractivity contribution in [2.75, 3.05) is 26.5 Å². The second-order valence-corrected chi connectivity index (χ2v) is 6.47. The second-order valence-electron chi connectivity index (χ2n) is 6.06. The van der Waals surface area contributed by atoms with Crippen molar-refractivity contribution in [3.8, 4) is 11.5 Å². The fourth-order valence-electron chi connectivity index (χ4n) is 2.99. The summed E-state index contributed by atoms with van der Waals surface area (Å²) in [6.07, 6.45) is 4.40. The number of fused-ring (bicyclic) bond motifs is 1. The highest BCUT2D eigenvalue weighted by molar-refractivity contribution is 6.32. The first-order valence-corrected chi connectivity index (χ1v) is 8.94. The lowest BCUT2D eigenvalue weighted by Crippen LogP contribution is -2.49. The molecule has 0 saturated carbocycles. The number of rotatable bonds is 4. The van der Waals surface area contributed by atoms with E-state index in [0.717, 1.165) is 18.4 Å². The molecule has 7 nitrogen and oxygen atoms in total. The fraction of sp³-hybridized carbons (Fsp3) is 0.444. The van der Waals surface area contributed by atoms with E-state index in [1.165, 1.54) is 6.08 Å². The molecule has 0 bridgehead atoms. The summed E-state index contributed by atoms with van der Waals surface area (Å²) < 4.78 is 15.5. The largest absolute Gasteiger partial charge is 0.454 e. The maximum atomic E-state index is 12.5. The van der Waals surface area contributed by atoms with E-state index in [1.807, 2.05) is 0 Å². The lowest BCUT2D eigenvalue weighted by atomic mass is 10.1. The molecule has 0 aliphatic carbocycles. The molecule has 140 valence electrons. The van der Waals surface area contributed by atoms with Crippen molar-refractivity contribution in [3.05, 3.63) is 28.8 Å². The smallest absolute Gasteiger partial charge is 0.407 e. The summed E-state index contributed by atoms with van der Waals surface area (Å²) >= 11 is 6.15. The molecule has 0 aromatic heterocycles. The van der Waals surface area contributed by atoms with Gasteiger partial charge in [0.15, 0.2) is 11.5 Å². The van der Waals surface area contributed by atoms with Crippen LogP contribution in [-0.2, 0) is 9.53 Å². The van der Waals surface area contributed by atoms with Crippen molar-refractivity contribution in [2.24, 2.45) is 0 Å². The molecule has 1 N–H and O–H groups in total. The van der Waals surface area contributed by atoms with Gasteiger partial charge in [0.25, 0.3) is 0 Å². The summed E-state index contributed by atoms with van der Waals surface area (Å²) in [6, 6.07) is 3.40. The third-order valence-electron chi connectivity index (χ3n) is 4.20. The zero-order valence-corrected chi connectivity index (χ0v) is 15.3. The lowest BCUT2D eigenvalue weighted by molar-refractivity contribution is -0.127. The van der Waals surface area contributed by atoms with Crippen LogP contribution >= 0.6 is 11.6 Å². The van der Waals surface area contributed by atoms with E-state index in [9.17, 15) is 9.59 Å². The molecule has 26 heavy (non-hydrogen) atoms. The summed E-state index contributed by atoms with van der Waals surface area (Å²) in [5, 5.41) is 3.24. The minimum Gasteiger partial charge on any atom is -0.454 e. The van der Waals surface area contributed by atoms with Crippen LogP contribution in [0.3, 0.4) is 0 Å². The van der Waals surface area contributed by atoms with Gasteiger partial charge in [0.2, 0.25) is 12.7 Å². The van der Waals surface area contributed by atoms with Gasteiger partial charge in [0.05, 0.1) is 11.6 Å². The summed E-state index contributed by atoms with van der Waals surface area (Å²) in [6.45, 7) is 3.34. The number of nitrogens with one attached hydrogen (secondary N) is 1. The first kappa shape index (κ1) is 18.4. The van der Waals surface area contributed by atoms with Crippen molar-refractivity contribution < 1.29 is 23.8 Å². The number of hydrogen-bond donors (Lipinski definition) is 1. The van der Waals surface area contributed by atoms with Crippen LogP contribution in [0.15, 0.2) is 18.2 Å². The molecular formula is C18H21ClN2O5. The average molecular weight is 381 g/mol. The zero-order valence-electron chi connectivity index (χ0n) is 14.5. The Kier molecular flexibility index (Phi) is 5.88. The molecule has 1 aromatic rings. The minimum atomic E-state index is -0.447. The number of halogens is 1. The standard InChI is InChI=1S/C18H21ClN2O5/c1-2-24-18(23)20-13-4-3-7-21(10-13)16(22)6-5-12-8-14(19)17-15(9-12)25-11-26-17/h5-6,8-9,13H,2-4,7,10-11H2,1H3,(H,20,23)/b6-5+. The summed E-state index contributed by atoms with van der Waals surface area (Å²) in [7, 11) is 0. The Labute approximate surface area is 156 Å². The molecule has 3 rings (SSSR count). The molecule has 1 fully saturated rings. The average Bonchev–Trinajstić information content (AvgIpc) is 3.09. The van der Waals surface area contributed by atoms with Crippen LogP contribution in [0.25, 0.3) is 6.08 Å². The number of piperidine rings is 1. The Balaban J connectivity index is 1.60. The number of hydrogen-bond acceptors (Lipinski definition) is 5. The van der Waals surface area contributed by atoms with E-state index in [1.54, 1.807) is 30.0 Å². The lowest BCUT2D eigenvalue weighted by Gasteiger charge is -2.32. The fourth-order valence-corrected chi connectivity index (χ4v) is 3.26. The quantitative estimate of drug-likeness (QED) is 0.813. The van der Waals surface area contributed by atoms with Crippen molar-refractivity contribution in [1.29, 1.82) is 0 Å². The molecule has 1 saturated heterocycles. The number of alkyl carbamates (subject to hydrolysis) is 1. The molecule has 2 heterocycles. The first-order valence-electron chi connectivity index (χ1n) is 8.56. The van der Waals surface area contributed by atoms with Crippen molar-refractivity contribution >= 4 is 29.7 Å². The van der Waals surface area contributed by atoms with E-state index < -0.39 is 6.09 Å². The van der Waals surface area contributed by atoms with Gasteiger partial charge in [-0.1, -0.05) is 11.6 Å². The molecule has 1 aromatic carbocycles. The Bertz CT molecular complexity index is 722. The van der Waals surface area contributed by atoms with Crippen LogP contribution in [0, 0.1) is 0 Å². The summed E-state index contributed by atoms with van der Waals surface area (Å²) in [5.74, 6) is 0.981. The van der Waals surface area contributed by atoms with E-state index >= 15 is 0 Å². The molecule has 2 amide bonds. The summed E-state index contributed by atoms with van der Waals surface area (Å²) in [4.78, 5) is 25.7. The molecule has 1 unspecified atom stereocenters. The third-order valence-corrected chi connectivity index (χ3v) is 4.48. The predicted molar refractivity (Wildman–Crippen MR) is 96.4 cm³/mol. The van der Waals surface area contributed by atoms with E-state index in [2.05, 4.69) is 5.32 Å².